The zero-order valence-corrected chi connectivity index (χ0v) is 48.9. The molecule has 3 aromatic carbocycles. The summed E-state index contributed by atoms with van der Waals surface area (Å²) in [7, 11) is -4.56. The molecule has 1 aliphatic heterocycles. The second kappa shape index (κ2) is 29.9. The van der Waals surface area contributed by atoms with Gasteiger partial charge in [-0.2, -0.15) is 8.42 Å². The number of hydrogen-bond donors (Lipinski definition) is 8. The minimum Gasteiger partial charge on any atom is -0.479 e. The van der Waals surface area contributed by atoms with Crippen LogP contribution in [-0.4, -0.2) is 163 Å². The molecule has 3 aliphatic carbocycles. The Morgan fingerprint density at radius 2 is 1.58 bits per heavy atom. The molecule has 3 saturated carbocycles. The quantitative estimate of drug-likeness (QED) is 0.0189. The number of amides is 1. The van der Waals surface area contributed by atoms with E-state index in [9.17, 15) is 62.8 Å². The standard InChI is InChI=1S/C61H84N4O18S/c1-4-38-30-41(45(68)23-12-11-21-42-32-65(64-63-42)25-14-13-24-51(69)62-44-22-15-20-40-26-35(2)27-50(52(40)44)84(76,77)78)31-47(56(38)79-46-28-36(3)53(70)43(33-66)54(46)71)81-61-58(83-60(75)39-18-9-6-10-19-39)57(55(72)49(34-67)82-61)80-48(59(73)74)29-37-16-7-5-8-17-37/h6,9-10,15,18-20,22,26-27,32,36-38,41,43,46-49,53-58,61,66-67,70-72H,4-5,7-8,11-14,16-17,21,23-25,28-31,33-34H2,1-3H3,(H,62,69)(H,73,74)(H,76,77,78)/t36?,38?,41?,43?,46?,47?,48-,49?,53?,54?,55?,56?,57?,58?,61?/m0/s1. The van der Waals surface area contributed by atoms with Crippen LogP contribution in [0, 0.1) is 36.5 Å². The first-order valence-electron chi connectivity index (χ1n) is 29.9. The van der Waals surface area contributed by atoms with E-state index in [0.717, 1.165) is 37.8 Å². The minimum atomic E-state index is -4.56. The number of rotatable bonds is 27. The molecule has 0 bridgehead atoms. The third-order valence-electron chi connectivity index (χ3n) is 17.5. The Kier molecular flexibility index (Phi) is 23.0. The molecule has 1 saturated heterocycles. The third kappa shape index (κ3) is 16.4. The van der Waals surface area contributed by atoms with E-state index >= 15 is 0 Å². The molecular formula is C61H84N4O18S. The van der Waals surface area contributed by atoms with Crippen molar-refractivity contribution in [3.05, 3.63) is 83.7 Å². The van der Waals surface area contributed by atoms with Crippen molar-refractivity contribution in [2.75, 3.05) is 18.5 Å². The fourth-order valence-corrected chi connectivity index (χ4v) is 13.7. The smallest absolute Gasteiger partial charge is 0.338 e. The topological polar surface area (TPSA) is 333 Å². The highest BCUT2D eigenvalue weighted by Crippen LogP contribution is 2.43. The second-order valence-corrected chi connectivity index (χ2v) is 25.0. The summed E-state index contributed by atoms with van der Waals surface area (Å²) in [5, 5.41) is 78.0. The number of Topliss-reactive ketones (excluding diaryl/α,β-unsaturated/α-hetero) is 1. The van der Waals surface area contributed by atoms with E-state index in [2.05, 4.69) is 15.6 Å². The number of carboxylic acid groups (broad SMARTS) is 1. The van der Waals surface area contributed by atoms with Crippen LogP contribution in [0.4, 0.5) is 5.69 Å². The number of aliphatic hydroxyl groups excluding tert-OH is 5. The molecule has 0 radical (unpaired) electrons. The zero-order chi connectivity index (χ0) is 60.2. The predicted molar refractivity (Wildman–Crippen MR) is 305 cm³/mol. The molecule has 84 heavy (non-hydrogen) atoms. The highest BCUT2D eigenvalue weighted by molar-refractivity contribution is 7.86. The van der Waals surface area contributed by atoms with Crippen molar-refractivity contribution in [3.8, 4) is 0 Å². The number of aliphatic hydroxyl groups is 5. The number of anilines is 1. The molecule has 2 heterocycles. The molecule has 1 aromatic heterocycles. The summed E-state index contributed by atoms with van der Waals surface area (Å²) >= 11 is 0. The molecule has 1 amide bonds. The van der Waals surface area contributed by atoms with Crippen LogP contribution >= 0.6 is 0 Å². The van der Waals surface area contributed by atoms with Crippen molar-refractivity contribution in [3.63, 3.8) is 0 Å². The van der Waals surface area contributed by atoms with E-state index in [1.807, 2.05) is 13.1 Å². The van der Waals surface area contributed by atoms with Crippen molar-refractivity contribution < 1.29 is 86.5 Å². The summed E-state index contributed by atoms with van der Waals surface area (Å²) in [6.45, 7) is 4.70. The van der Waals surface area contributed by atoms with Crippen molar-refractivity contribution in [1.29, 1.82) is 0 Å². The lowest BCUT2D eigenvalue weighted by atomic mass is 9.73. The lowest BCUT2D eigenvalue weighted by molar-refractivity contribution is -0.333. The summed E-state index contributed by atoms with van der Waals surface area (Å²) in [5.74, 6) is -4.63. The number of carbonyl (C=O) groups is 4. The van der Waals surface area contributed by atoms with Gasteiger partial charge in [0.15, 0.2) is 18.5 Å². The Hall–Kier alpha value is -5.31. The van der Waals surface area contributed by atoms with Gasteiger partial charge in [0.2, 0.25) is 5.91 Å². The number of carbonyl (C=O) groups excluding carboxylic acids is 3. The number of ketones is 1. The van der Waals surface area contributed by atoms with Crippen LogP contribution in [0.15, 0.2) is 71.8 Å². The number of ether oxygens (including phenoxy) is 5. The van der Waals surface area contributed by atoms with Crippen LogP contribution in [-0.2, 0) is 61.2 Å². The normalized spacial score (nSPS) is 29.1. The zero-order valence-electron chi connectivity index (χ0n) is 48.1. The summed E-state index contributed by atoms with van der Waals surface area (Å²) in [4.78, 5) is 54.1. The lowest BCUT2D eigenvalue weighted by Gasteiger charge is -2.49. The number of fused-ring (bicyclic) bond motifs is 1. The predicted octanol–water partition coefficient (Wildman–Crippen LogP) is 6.14. The number of hydrogen-bond acceptors (Lipinski definition) is 18. The molecule has 15 atom stereocenters. The van der Waals surface area contributed by atoms with Gasteiger partial charge in [-0.3, -0.25) is 18.8 Å². The SMILES string of the molecule is CCC1CC(C(=O)CCCCc2cn(CCCCC(=O)Nc3cccc4cc(C)cc(S(=O)(=O)O)c34)nn2)CC(OC2OC(CO)C(O)C(O[C@@H](CC3CCCCC3)C(=O)O)C2OC(=O)c2ccccc2)C1OC1CC(C)C(O)C(CO)C1O. The second-order valence-electron chi connectivity index (χ2n) is 23.6. The van der Waals surface area contributed by atoms with Gasteiger partial charge in [-0.25, -0.2) is 9.59 Å². The Balaban J connectivity index is 0.934. The molecule has 462 valence electrons. The Bertz CT molecular complexity index is 2940. The van der Waals surface area contributed by atoms with Crippen LogP contribution in [0.1, 0.15) is 138 Å². The fourth-order valence-electron chi connectivity index (χ4n) is 12.9. The van der Waals surface area contributed by atoms with E-state index in [1.165, 1.54) is 18.2 Å². The molecule has 8 N–H and O–H groups in total. The van der Waals surface area contributed by atoms with Gasteiger partial charge in [-0.1, -0.05) is 94.0 Å². The number of esters is 1. The molecule has 4 aliphatic rings. The van der Waals surface area contributed by atoms with E-state index < -0.39 is 114 Å². The first-order chi connectivity index (χ1) is 40.3. The van der Waals surface area contributed by atoms with Gasteiger partial charge in [0.1, 0.15) is 29.0 Å². The van der Waals surface area contributed by atoms with Crippen molar-refractivity contribution in [1.82, 2.24) is 15.0 Å². The number of benzene rings is 3. The van der Waals surface area contributed by atoms with Gasteiger partial charge in [0, 0.05) is 48.5 Å². The number of aliphatic carboxylic acids is 1. The maximum Gasteiger partial charge on any atom is 0.338 e. The van der Waals surface area contributed by atoms with E-state index in [4.69, 9.17) is 23.7 Å². The molecule has 4 fully saturated rings. The van der Waals surface area contributed by atoms with Crippen molar-refractivity contribution in [2.24, 2.45) is 29.6 Å². The third-order valence-corrected chi connectivity index (χ3v) is 18.4. The van der Waals surface area contributed by atoms with Crippen molar-refractivity contribution in [2.45, 2.75) is 209 Å². The van der Waals surface area contributed by atoms with Crippen LogP contribution in [0.3, 0.4) is 0 Å². The Morgan fingerprint density at radius 1 is 0.833 bits per heavy atom. The average molecular weight is 1190 g/mol. The van der Waals surface area contributed by atoms with Crippen LogP contribution < -0.4 is 5.32 Å². The number of aryl methyl sites for hydroxylation is 3. The molecule has 4 aromatic rings. The fraction of sp³-hybridized carbons (Fsp3) is 0.639. The Labute approximate surface area is 490 Å². The molecule has 23 heteroatoms. The first-order valence-corrected chi connectivity index (χ1v) is 31.3. The summed E-state index contributed by atoms with van der Waals surface area (Å²) in [5.41, 5.74) is 1.78. The summed E-state index contributed by atoms with van der Waals surface area (Å²) in [6.07, 6.45) is -3.53. The summed E-state index contributed by atoms with van der Waals surface area (Å²) < 4.78 is 68.6. The first kappa shape index (κ1) is 64.7. The number of nitrogens with zero attached hydrogens (tertiary/aromatic N) is 3. The van der Waals surface area contributed by atoms with Gasteiger partial charge < -0.3 is 59.6 Å². The van der Waals surface area contributed by atoms with Crippen molar-refractivity contribution >= 4 is 50.2 Å². The molecular weight excluding hydrogens is 1110 g/mol. The highest BCUT2D eigenvalue weighted by atomic mass is 32.2. The molecule has 22 nitrogen and oxygen atoms in total. The number of carboxylic acids is 1. The van der Waals surface area contributed by atoms with Gasteiger partial charge in [-0.05, 0) is 118 Å². The highest BCUT2D eigenvalue weighted by Gasteiger charge is 2.54. The average Bonchev–Trinajstić information content (AvgIpc) is 3.36. The largest absolute Gasteiger partial charge is 0.479 e. The molecule has 14 unspecified atom stereocenters. The van der Waals surface area contributed by atoms with Gasteiger partial charge in [0.05, 0.1) is 55.0 Å². The lowest BCUT2D eigenvalue weighted by Crippen LogP contribution is -2.64. The van der Waals surface area contributed by atoms with Crippen LogP contribution in [0.2, 0.25) is 0 Å². The van der Waals surface area contributed by atoms with Gasteiger partial charge in [0.25, 0.3) is 10.1 Å². The summed E-state index contributed by atoms with van der Waals surface area (Å²) in [6, 6.07) is 16.2. The molecule has 8 rings (SSSR count). The number of nitrogens with one attached hydrogen (secondary N) is 1. The van der Waals surface area contributed by atoms with Gasteiger partial charge in [-0.15, -0.1) is 5.10 Å². The maximum atomic E-state index is 14.4. The van der Waals surface area contributed by atoms with E-state index in [0.29, 0.717) is 62.4 Å². The number of unbranched alkanes of at least 4 members (excludes halogenated alkanes) is 2. The van der Waals surface area contributed by atoms with Crippen LogP contribution in [0.5, 0.6) is 0 Å². The van der Waals surface area contributed by atoms with Gasteiger partial charge >= 0.3 is 11.9 Å². The number of aromatic nitrogens is 3. The maximum absolute atomic E-state index is 14.4. The molecule has 0 spiro atoms. The monoisotopic (exact) mass is 1190 g/mol. The minimum absolute atomic E-state index is 0.0337. The van der Waals surface area contributed by atoms with Crippen LogP contribution in [0.25, 0.3) is 10.8 Å². The Morgan fingerprint density at radius 3 is 2.29 bits per heavy atom. The van der Waals surface area contributed by atoms with E-state index in [-0.39, 0.29) is 83.1 Å². The van der Waals surface area contributed by atoms with E-state index in [1.54, 1.807) is 61.0 Å².